The van der Waals surface area contributed by atoms with E-state index < -0.39 is 247 Å². The molecule has 13 N–H and O–H groups in total. The smallest absolute Gasteiger partial charge is 0.351 e. The van der Waals surface area contributed by atoms with Crippen molar-refractivity contribution in [3.05, 3.63) is 133 Å². The molecule has 0 bridgehead atoms. The van der Waals surface area contributed by atoms with E-state index in [0.717, 1.165) is 26.2 Å². The molecule has 11 unspecified atom stereocenters. The van der Waals surface area contributed by atoms with Crippen LogP contribution in [0, 0.1) is 20.8 Å². The molecule has 0 spiro atoms. The zero-order valence-corrected chi connectivity index (χ0v) is 85.3. The van der Waals surface area contributed by atoms with Crippen molar-refractivity contribution in [2.45, 2.75) is 188 Å². The van der Waals surface area contributed by atoms with E-state index in [-0.39, 0.29) is 122 Å². The number of nitrogens with one attached hydrogen (secondary N) is 4. The van der Waals surface area contributed by atoms with Crippen LogP contribution in [0.15, 0.2) is 77.5 Å². The molecule has 59 nitrogen and oxygen atoms in total. The number of aliphatic hydroxyl groups excluding tert-OH is 1. The van der Waals surface area contributed by atoms with Gasteiger partial charge in [-0.2, -0.15) is 15.0 Å². The van der Waals surface area contributed by atoms with Gasteiger partial charge >= 0.3 is 17.1 Å². The van der Waals surface area contributed by atoms with Crippen LogP contribution < -0.4 is 81.8 Å². The fraction of sp³-hybridized carbons (Fsp3) is 0.635. The molecular formula is C74H100N22O37P5S5-5. The summed E-state index contributed by atoms with van der Waals surface area (Å²) in [5.74, 6) is -0.790. The zero-order chi connectivity index (χ0) is 103. The molecule has 6 fully saturated rings. The molecule has 6 aliphatic rings. The number of nitrogen functional groups attached to an aromatic ring is 4. The summed E-state index contributed by atoms with van der Waals surface area (Å²) in [5.41, 5.74) is 18.2. The Balaban J connectivity index is 0.709. The average molecular weight is 2200 g/mol. The Hall–Kier alpha value is -7.29. The van der Waals surface area contributed by atoms with Crippen LogP contribution in [0.5, 0.6) is 0 Å². The number of rotatable bonds is 49. The van der Waals surface area contributed by atoms with Crippen molar-refractivity contribution < 1.29 is 141 Å². The lowest BCUT2D eigenvalue weighted by Crippen LogP contribution is -2.43. The second kappa shape index (κ2) is 46.9. The minimum atomic E-state index is -5.34. The Kier molecular flexibility index (Phi) is 36.0. The van der Waals surface area contributed by atoms with Crippen LogP contribution in [0.1, 0.15) is 86.7 Å². The Morgan fingerprint density at radius 1 is 0.427 bits per heavy atom. The van der Waals surface area contributed by atoms with Crippen LogP contribution in [0.25, 0.3) is 33.5 Å². The number of hydrogen-bond acceptors (Lipinski definition) is 54. The second-order valence-corrected chi connectivity index (χ2v) is 46.4. The molecule has 0 aromatic carbocycles. The monoisotopic (exact) mass is 2200 g/mol. The Bertz CT molecular complexity index is 6750. The van der Waals surface area contributed by atoms with Crippen molar-refractivity contribution in [1.29, 1.82) is 0 Å². The predicted molar refractivity (Wildman–Crippen MR) is 501 cm³/mol. The molecule has 15 rings (SSSR count). The van der Waals surface area contributed by atoms with Gasteiger partial charge in [0, 0.05) is 76.6 Å². The van der Waals surface area contributed by atoms with Crippen LogP contribution in [-0.4, -0.2) is 304 Å². The molecule has 788 valence electrons. The van der Waals surface area contributed by atoms with Crippen molar-refractivity contribution in [2.24, 2.45) is 0 Å². The first-order valence-corrected chi connectivity index (χ1v) is 56.4. The van der Waals surface area contributed by atoms with Gasteiger partial charge in [-0.3, -0.25) is 71.1 Å². The van der Waals surface area contributed by atoms with Crippen LogP contribution >= 0.6 is 33.7 Å². The Morgan fingerprint density at radius 2 is 0.811 bits per heavy atom. The number of aryl methyl sites for hydroxylation is 3. The molecule has 0 saturated carbocycles. The van der Waals surface area contributed by atoms with Gasteiger partial charge in [-0.05, 0) is 27.2 Å². The van der Waals surface area contributed by atoms with Crippen molar-refractivity contribution in [3.8, 4) is 0 Å². The molecule has 6 aliphatic heterocycles. The summed E-state index contributed by atoms with van der Waals surface area (Å²) in [6.45, 7) is -25.8. The first kappa shape index (κ1) is 110. The van der Waals surface area contributed by atoms with Crippen LogP contribution in [0.2, 0.25) is 0 Å². The third-order valence-electron chi connectivity index (χ3n) is 23.2. The lowest BCUT2D eigenvalue weighted by Gasteiger charge is -2.38. The van der Waals surface area contributed by atoms with Gasteiger partial charge in [0.05, 0.1) is 123 Å². The number of methoxy groups -OCH3 is 4. The third-order valence-corrected chi connectivity index (χ3v) is 31.0. The lowest BCUT2D eigenvalue weighted by atomic mass is 10.1. The largest absolute Gasteiger partial charge is 0.780 e. The molecule has 9 aromatic heterocycles. The number of fused-ring (bicyclic) bond motifs is 3. The van der Waals surface area contributed by atoms with E-state index in [4.69, 9.17) is 194 Å². The standard InChI is InChI=1S/C74H105N22O37P5S5/c1-9-10-36-37(19-44(123-36)94-30-81-46-58(76)79-29-80-59(46)94)129-134(105,139)118-24-39-38(20-45(124-39)95-31-82-47-60(95)85-70(77)87-64(47)100)130-135(106,140)120-26-43-52(56(117-18-14-113-8)69(128-43)96-32-83-48-61(96)86-71(78)88-65(48)101)133-138(109,143)122-28-42-51(55(116-17-13-112-7)68(127-42)93-23-35(4)63(99)90-74(93)104)132-137(108,142)121-27-41-50(54(115-16-12-111-6)67(126-41)91-21-33(2)57(75)84-72(91)102)131-136(107,141)119-25-40-49(97)53(114-15-11-110-5)66(125-40)92-22-34(3)62(98)89-73(92)103/h21-23,29-32,36-45,49-56,66-69,97H,9-20,24-28H2,1-8H3,(H,105,139)(H,106,140)(H,107,141)(H,108,142)(H,109,143)(H2,75,84,102)(H2,76,79,80)(H,89,98,103)(H,90,99,104)(H3,77,85,87,100)(H3,78,86,88,101)/p-5/t36-,37?,38?,39-,40-,41-,42-,43-,44-,45-,49?,50?,51?,52?,53+,54+,55+,56+,66-,67-,68-,69-,134?,135?,136?,137?,138?/m1/s1. The zero-order valence-electron chi connectivity index (χ0n) is 76.8. The first-order valence-electron chi connectivity index (χ1n) is 43.6. The highest BCUT2D eigenvalue weighted by molar-refractivity contribution is 8.32. The summed E-state index contributed by atoms with van der Waals surface area (Å²) < 4.78 is 168. The molecule has 0 amide bonds. The minimum absolute atomic E-state index is 0.00614. The van der Waals surface area contributed by atoms with Crippen molar-refractivity contribution in [2.75, 3.05) is 137 Å². The van der Waals surface area contributed by atoms with Gasteiger partial charge in [0.25, 0.3) is 22.2 Å². The summed E-state index contributed by atoms with van der Waals surface area (Å²) >= 11 is 28.2. The summed E-state index contributed by atoms with van der Waals surface area (Å²) in [4.78, 5) is 197. The van der Waals surface area contributed by atoms with E-state index in [1.54, 1.807) is 4.57 Å². The normalized spacial score (nSPS) is 28.9. The molecular weight excluding hydrogens is 2100 g/mol. The molecule has 27 atom stereocenters. The Morgan fingerprint density at radius 3 is 1.29 bits per heavy atom. The van der Waals surface area contributed by atoms with Crippen LogP contribution in [-0.2, 0) is 176 Å². The van der Waals surface area contributed by atoms with Crippen LogP contribution in [0.3, 0.4) is 0 Å². The number of H-pyrrole nitrogens is 4. The number of aromatic nitrogens is 18. The number of nitrogens with zero attached hydrogens (tertiary/aromatic N) is 14. The molecule has 0 radical (unpaired) electrons. The number of nitrogens with two attached hydrogens (primary N) is 4. The fourth-order valence-electron chi connectivity index (χ4n) is 16.5. The van der Waals surface area contributed by atoms with Gasteiger partial charge in [0.1, 0.15) is 136 Å². The Labute approximate surface area is 832 Å². The van der Waals surface area contributed by atoms with E-state index in [9.17, 15) is 48.5 Å². The van der Waals surface area contributed by atoms with E-state index in [1.165, 1.54) is 89.7 Å². The SMILES string of the molecule is CCC[C@H]1O[C@@H](n2cnc3c(N)ncnc32)CC1OP([O-])(=S)OC[C@H]1O[C@@H](n2cnc3c(=O)[nH]c(N)nc32)CC1OP(=O)([S-])OC[C@H]1O[C@@H](n2cnc3c(=O)[nH]c(N)nc32)[C@@H](OCCOC)C1OP([O-])(=S)OC[C@H]1O[C@@H](n2cc(C)c(=O)[nH]c2=O)[C@@H](OCCOC)C1OP([O-])(=S)OC[C@H]1O[C@@H](n2cc(C)c(N)nc2=O)[C@@H](OCCOC)C1OP([O-])(=S)OC[C@H]1O[C@@H](n2cc(C)c(=O)[nH]c2=O)[C@@H](OCCOC)C1O. The third kappa shape index (κ3) is 25.7. The number of ether oxygens (including phenoxy) is 14. The van der Waals surface area contributed by atoms with E-state index in [1.807, 2.05) is 6.92 Å². The van der Waals surface area contributed by atoms with Crippen molar-refractivity contribution in [1.82, 2.24) is 87.2 Å². The highest BCUT2D eigenvalue weighted by Crippen LogP contribution is 2.56. The van der Waals surface area contributed by atoms with Crippen molar-refractivity contribution >= 4 is 150 Å². The number of anilines is 4. The van der Waals surface area contributed by atoms with Crippen molar-refractivity contribution in [3.63, 3.8) is 0 Å². The number of aromatic amines is 4. The predicted octanol–water partition coefficient (Wildman–Crippen LogP) is -3.84. The van der Waals surface area contributed by atoms with E-state index >= 15 is 14.4 Å². The summed E-state index contributed by atoms with van der Waals surface area (Å²) in [6, 6.07) is 0. The average Bonchev–Trinajstić information content (AvgIpc) is 1.61. The summed E-state index contributed by atoms with van der Waals surface area (Å²) in [5, 5.41) is 11.8. The quantitative estimate of drug-likeness (QED) is 0.0100. The topological polar surface area (TPSA) is 770 Å². The van der Waals surface area contributed by atoms with E-state index in [0.29, 0.717) is 24.0 Å². The van der Waals surface area contributed by atoms with Gasteiger partial charge in [-0.15, -0.1) is 0 Å². The molecule has 69 heteroatoms. The second-order valence-electron chi connectivity index (χ2n) is 32.9. The highest BCUT2D eigenvalue weighted by atomic mass is 32.7. The number of aliphatic hydroxyl groups is 1. The highest BCUT2D eigenvalue weighted by Gasteiger charge is 2.55. The van der Waals surface area contributed by atoms with Gasteiger partial charge in [0.15, 0.2) is 65.5 Å². The maximum Gasteiger partial charge on any atom is 0.351 e. The maximum atomic E-state index is 15.7. The lowest BCUT2D eigenvalue weighted by molar-refractivity contribution is -0.223. The molecule has 15 heterocycles. The maximum absolute atomic E-state index is 15.7. The van der Waals surface area contributed by atoms with Crippen LogP contribution in [0.4, 0.5) is 23.5 Å². The van der Waals surface area contributed by atoms with Gasteiger partial charge < -0.3 is 171 Å². The number of hydrogen-bond donors (Lipinski definition) is 9. The molecule has 9 aromatic rings. The molecule has 0 aliphatic carbocycles. The molecule has 6 saturated heterocycles. The number of imidazole rings is 3. The first-order chi connectivity index (χ1) is 68.0. The summed E-state index contributed by atoms with van der Waals surface area (Å²) in [6.07, 6.45) is -24.7. The van der Waals surface area contributed by atoms with Gasteiger partial charge in [0.2, 0.25) is 11.9 Å². The molecule has 143 heavy (non-hydrogen) atoms. The minimum Gasteiger partial charge on any atom is -0.780 e. The van der Waals surface area contributed by atoms with E-state index in [2.05, 4.69) is 59.8 Å². The summed E-state index contributed by atoms with van der Waals surface area (Å²) in [7, 11) is 5.36. The van der Waals surface area contributed by atoms with Gasteiger partial charge in [-0.25, -0.2) is 39.3 Å². The fourth-order valence-corrected chi connectivity index (χ4v) is 23.7. The van der Waals surface area contributed by atoms with Gasteiger partial charge in [-0.1, -0.05) is 60.6 Å².